The maximum atomic E-state index is 9.50. The molecule has 0 atom stereocenters. The van der Waals surface area contributed by atoms with Gasteiger partial charge < -0.3 is 21.9 Å². The van der Waals surface area contributed by atoms with Crippen molar-refractivity contribution in [3.05, 3.63) is 35.1 Å². The van der Waals surface area contributed by atoms with E-state index in [1.165, 1.54) is 6.07 Å². The number of nitrogens with zero attached hydrogens (tertiary/aromatic N) is 4. The van der Waals surface area contributed by atoms with E-state index in [1.54, 1.807) is 18.3 Å². The first-order chi connectivity index (χ1) is 10.5. The zero-order valence-corrected chi connectivity index (χ0v) is 12.0. The summed E-state index contributed by atoms with van der Waals surface area (Å²) in [6.07, 6.45) is 1.56. The summed E-state index contributed by atoms with van der Waals surface area (Å²) in [5.41, 5.74) is 13.3. The van der Waals surface area contributed by atoms with E-state index in [0.29, 0.717) is 34.1 Å². The summed E-state index contributed by atoms with van der Waals surface area (Å²) in [6.45, 7) is 0.368. The second-order valence-corrected chi connectivity index (χ2v) is 4.99. The topological polar surface area (TPSA) is 136 Å². The number of benzene rings is 1. The lowest BCUT2D eigenvalue weighted by Gasteiger charge is -2.08. The zero-order valence-electron chi connectivity index (χ0n) is 11.3. The number of hydrogen-bond donors (Lipinski definition) is 4. The number of rotatable bonds is 3. The van der Waals surface area contributed by atoms with Gasteiger partial charge in [0.25, 0.3) is 0 Å². The molecule has 0 aliphatic rings. The maximum absolute atomic E-state index is 9.50. The molecule has 0 fully saturated rings. The Balaban J connectivity index is 1.85. The predicted octanol–water partition coefficient (Wildman–Crippen LogP) is 1.56. The van der Waals surface area contributed by atoms with Gasteiger partial charge in [0.15, 0.2) is 17.0 Å². The molecule has 0 aliphatic carbocycles. The Kier molecular flexibility index (Phi) is 3.51. The van der Waals surface area contributed by atoms with E-state index in [1.807, 2.05) is 0 Å². The van der Waals surface area contributed by atoms with Crippen LogP contribution in [0.1, 0.15) is 5.69 Å². The number of fused-ring (bicyclic) bond motifs is 1. The van der Waals surface area contributed by atoms with Crippen molar-refractivity contribution in [1.29, 1.82) is 0 Å². The van der Waals surface area contributed by atoms with Gasteiger partial charge >= 0.3 is 0 Å². The van der Waals surface area contributed by atoms with Crippen molar-refractivity contribution in [3.8, 4) is 5.75 Å². The van der Waals surface area contributed by atoms with Crippen LogP contribution in [0.25, 0.3) is 11.2 Å². The van der Waals surface area contributed by atoms with Crippen LogP contribution in [0.2, 0.25) is 5.02 Å². The quantitative estimate of drug-likeness (QED) is 0.571. The first-order valence-electron chi connectivity index (χ1n) is 6.29. The molecule has 6 N–H and O–H groups in total. The maximum Gasteiger partial charge on any atom is 0.224 e. The lowest BCUT2D eigenvalue weighted by Crippen LogP contribution is -2.07. The van der Waals surface area contributed by atoms with E-state index in [9.17, 15) is 5.11 Å². The van der Waals surface area contributed by atoms with E-state index in [2.05, 4.69) is 25.3 Å². The summed E-state index contributed by atoms with van der Waals surface area (Å²) < 4.78 is 0. The van der Waals surface area contributed by atoms with Gasteiger partial charge in [-0.3, -0.25) is 0 Å². The summed E-state index contributed by atoms with van der Waals surface area (Å²) in [6, 6.07) is 4.69. The standard InChI is InChI=1S/C13H12ClN7O/c14-6-1-7(3-9(22)2-6)17-4-8-5-18-12-10(19-8)11(15)20-13(16)21-12/h1-3,5,17,22H,4H2,(H4,15,16,18,20,21). The van der Waals surface area contributed by atoms with E-state index < -0.39 is 0 Å². The Morgan fingerprint density at radius 1 is 1.14 bits per heavy atom. The summed E-state index contributed by atoms with van der Waals surface area (Å²) in [4.78, 5) is 16.3. The average molecular weight is 318 g/mol. The number of phenols is 1. The van der Waals surface area contributed by atoms with Crippen molar-refractivity contribution in [2.24, 2.45) is 0 Å². The van der Waals surface area contributed by atoms with E-state index >= 15 is 0 Å². The fraction of sp³-hybridized carbons (Fsp3) is 0.0769. The van der Waals surface area contributed by atoms with Gasteiger partial charge in [-0.15, -0.1) is 0 Å². The number of anilines is 3. The minimum Gasteiger partial charge on any atom is -0.508 e. The van der Waals surface area contributed by atoms with Crippen molar-refractivity contribution >= 4 is 40.2 Å². The molecule has 3 rings (SSSR count). The molecule has 2 heterocycles. The summed E-state index contributed by atoms with van der Waals surface area (Å²) in [5.74, 6) is 0.310. The minimum atomic E-state index is 0.0552. The van der Waals surface area contributed by atoms with Crippen LogP contribution in [0.15, 0.2) is 24.4 Å². The van der Waals surface area contributed by atoms with Crippen molar-refractivity contribution in [1.82, 2.24) is 19.9 Å². The molecule has 0 saturated heterocycles. The number of aromatic nitrogens is 4. The molecule has 0 saturated carbocycles. The van der Waals surface area contributed by atoms with Crippen LogP contribution in [0.5, 0.6) is 5.75 Å². The van der Waals surface area contributed by atoms with Crippen LogP contribution in [-0.2, 0) is 6.54 Å². The van der Waals surface area contributed by atoms with Crippen LogP contribution in [0.3, 0.4) is 0 Å². The Hall–Kier alpha value is -2.87. The van der Waals surface area contributed by atoms with Crippen LogP contribution < -0.4 is 16.8 Å². The van der Waals surface area contributed by atoms with Gasteiger partial charge in [0.1, 0.15) is 5.75 Å². The largest absolute Gasteiger partial charge is 0.508 e. The monoisotopic (exact) mass is 317 g/mol. The average Bonchev–Trinajstić information content (AvgIpc) is 2.44. The van der Waals surface area contributed by atoms with Gasteiger partial charge in [-0.1, -0.05) is 11.6 Å². The lowest BCUT2D eigenvalue weighted by molar-refractivity contribution is 0.475. The smallest absolute Gasteiger partial charge is 0.224 e. The van der Waals surface area contributed by atoms with Gasteiger partial charge in [-0.2, -0.15) is 9.97 Å². The van der Waals surface area contributed by atoms with Crippen molar-refractivity contribution < 1.29 is 5.11 Å². The van der Waals surface area contributed by atoms with Gasteiger partial charge in [0, 0.05) is 16.8 Å². The molecule has 112 valence electrons. The van der Waals surface area contributed by atoms with Gasteiger partial charge in [-0.25, -0.2) is 9.97 Å². The zero-order chi connectivity index (χ0) is 15.7. The number of hydrogen-bond acceptors (Lipinski definition) is 8. The third-order valence-corrected chi connectivity index (χ3v) is 3.08. The number of aromatic hydroxyl groups is 1. The highest BCUT2D eigenvalue weighted by Crippen LogP contribution is 2.23. The molecule has 8 nitrogen and oxygen atoms in total. The first kappa shape index (κ1) is 14.1. The fourth-order valence-electron chi connectivity index (χ4n) is 1.94. The number of nitrogens with one attached hydrogen (secondary N) is 1. The second-order valence-electron chi connectivity index (χ2n) is 4.55. The molecule has 0 amide bonds. The number of nitrogens with two attached hydrogens (primary N) is 2. The van der Waals surface area contributed by atoms with Gasteiger partial charge in [0.05, 0.1) is 18.4 Å². The van der Waals surface area contributed by atoms with Crippen molar-refractivity contribution in [2.45, 2.75) is 6.54 Å². The number of phenolic OH excluding ortho intramolecular Hbond substituents is 1. The van der Waals surface area contributed by atoms with Gasteiger partial charge in [0.2, 0.25) is 5.95 Å². The number of halogens is 1. The molecule has 0 bridgehead atoms. The molecule has 0 aliphatic heterocycles. The molecule has 0 unspecified atom stereocenters. The van der Waals surface area contributed by atoms with Crippen LogP contribution >= 0.6 is 11.6 Å². The highest BCUT2D eigenvalue weighted by molar-refractivity contribution is 6.31. The molecule has 0 spiro atoms. The highest BCUT2D eigenvalue weighted by atomic mass is 35.5. The molecule has 1 aromatic carbocycles. The number of nitrogen functional groups attached to an aromatic ring is 2. The molecule has 0 radical (unpaired) electrons. The normalized spacial score (nSPS) is 10.8. The summed E-state index contributed by atoms with van der Waals surface area (Å²) >= 11 is 5.87. The lowest BCUT2D eigenvalue weighted by atomic mass is 10.3. The molecular formula is C13H12ClN7O. The van der Waals surface area contributed by atoms with Crippen molar-refractivity contribution in [3.63, 3.8) is 0 Å². The third-order valence-electron chi connectivity index (χ3n) is 2.86. The Bertz CT molecular complexity index is 835. The van der Waals surface area contributed by atoms with E-state index in [4.69, 9.17) is 23.1 Å². The van der Waals surface area contributed by atoms with Crippen molar-refractivity contribution in [2.75, 3.05) is 16.8 Å². The Labute approximate surface area is 130 Å². The fourth-order valence-corrected chi connectivity index (χ4v) is 2.17. The second kappa shape index (κ2) is 5.49. The first-order valence-corrected chi connectivity index (χ1v) is 6.67. The third kappa shape index (κ3) is 2.91. The van der Waals surface area contributed by atoms with Crippen LogP contribution in [-0.4, -0.2) is 25.0 Å². The van der Waals surface area contributed by atoms with E-state index in [-0.39, 0.29) is 17.5 Å². The molecule has 22 heavy (non-hydrogen) atoms. The highest BCUT2D eigenvalue weighted by Gasteiger charge is 2.07. The summed E-state index contributed by atoms with van der Waals surface area (Å²) in [7, 11) is 0. The van der Waals surface area contributed by atoms with Gasteiger partial charge in [-0.05, 0) is 12.1 Å². The molecular weight excluding hydrogens is 306 g/mol. The molecule has 2 aromatic heterocycles. The molecule has 9 heteroatoms. The Morgan fingerprint density at radius 3 is 2.73 bits per heavy atom. The van der Waals surface area contributed by atoms with Crippen LogP contribution in [0, 0.1) is 0 Å². The SMILES string of the molecule is Nc1nc(N)c2nc(CNc3cc(O)cc(Cl)c3)cnc2n1. The predicted molar refractivity (Wildman–Crippen MR) is 84.4 cm³/mol. The van der Waals surface area contributed by atoms with Crippen LogP contribution in [0.4, 0.5) is 17.5 Å². The Morgan fingerprint density at radius 2 is 1.95 bits per heavy atom. The minimum absolute atomic E-state index is 0.0552. The van der Waals surface area contributed by atoms with E-state index in [0.717, 1.165) is 0 Å². The summed E-state index contributed by atoms with van der Waals surface area (Å²) in [5, 5.41) is 13.0. The molecule has 3 aromatic rings.